The van der Waals surface area contributed by atoms with E-state index in [0.717, 1.165) is 50.5 Å². The Kier molecular flexibility index (Phi) is 7.97. The van der Waals surface area contributed by atoms with E-state index in [1.165, 1.54) is 23.8 Å². The lowest BCUT2D eigenvalue weighted by Crippen LogP contribution is -2.36. The molecule has 1 N–H and O–H groups in total. The molecule has 3 rings (SSSR count). The van der Waals surface area contributed by atoms with Gasteiger partial charge in [0.15, 0.2) is 0 Å². The van der Waals surface area contributed by atoms with Gasteiger partial charge in [0.25, 0.3) is 0 Å². The minimum atomic E-state index is -4.42. The maximum Gasteiger partial charge on any atom is 0.416 e. The maximum atomic E-state index is 12.9. The van der Waals surface area contributed by atoms with Crippen LogP contribution in [0.4, 0.5) is 13.2 Å². The van der Waals surface area contributed by atoms with Crippen molar-refractivity contribution in [2.75, 3.05) is 32.7 Å². The third-order valence-corrected chi connectivity index (χ3v) is 6.15. The van der Waals surface area contributed by atoms with Crippen molar-refractivity contribution in [1.82, 2.24) is 15.1 Å². The number of benzene rings is 1. The fourth-order valence-electron chi connectivity index (χ4n) is 4.47. The van der Waals surface area contributed by atoms with E-state index in [2.05, 4.69) is 17.1 Å². The Morgan fingerprint density at radius 1 is 1.23 bits per heavy atom. The van der Waals surface area contributed by atoms with Crippen LogP contribution in [-0.4, -0.2) is 54.3 Å². The highest BCUT2D eigenvalue weighted by molar-refractivity contribution is 5.89. The Hall–Kier alpha value is -2.09. The second-order valence-corrected chi connectivity index (χ2v) is 8.92. The van der Waals surface area contributed by atoms with Gasteiger partial charge in [0.1, 0.15) is 0 Å². The number of halogens is 3. The van der Waals surface area contributed by atoms with Gasteiger partial charge in [0, 0.05) is 32.6 Å². The third kappa shape index (κ3) is 6.95. The topological polar surface area (TPSA) is 52.7 Å². The molecule has 2 unspecified atom stereocenters. The summed E-state index contributed by atoms with van der Waals surface area (Å²) < 4.78 is 38.7. The number of likely N-dealkylation sites (tertiary alicyclic amines) is 2. The number of hydrogen-bond donors (Lipinski definition) is 1. The fourth-order valence-corrected chi connectivity index (χ4v) is 4.47. The summed E-state index contributed by atoms with van der Waals surface area (Å²) in [5, 5.41) is 2.92. The van der Waals surface area contributed by atoms with Crippen LogP contribution in [0.1, 0.15) is 50.2 Å². The molecule has 2 fully saturated rings. The van der Waals surface area contributed by atoms with Crippen molar-refractivity contribution < 1.29 is 22.8 Å². The van der Waals surface area contributed by atoms with E-state index in [9.17, 15) is 22.8 Å². The molecule has 2 aliphatic heterocycles. The molecular formula is C23H32F3N3O2. The van der Waals surface area contributed by atoms with Crippen molar-refractivity contribution >= 4 is 11.8 Å². The van der Waals surface area contributed by atoms with Crippen LogP contribution in [0.25, 0.3) is 0 Å². The van der Waals surface area contributed by atoms with Gasteiger partial charge in [-0.15, -0.1) is 0 Å². The highest BCUT2D eigenvalue weighted by Gasteiger charge is 2.35. The molecule has 1 aromatic rings. The van der Waals surface area contributed by atoms with Crippen LogP contribution in [0.5, 0.6) is 0 Å². The summed E-state index contributed by atoms with van der Waals surface area (Å²) in [7, 11) is 0. The zero-order chi connectivity index (χ0) is 22.4. The normalized spacial score (nSPS) is 22.7. The van der Waals surface area contributed by atoms with E-state index < -0.39 is 17.7 Å². The summed E-state index contributed by atoms with van der Waals surface area (Å²) in [6.45, 7) is 6.55. The molecule has 2 saturated heterocycles. The van der Waals surface area contributed by atoms with Crippen molar-refractivity contribution in [1.29, 1.82) is 0 Å². The minimum Gasteiger partial charge on any atom is -0.356 e. The monoisotopic (exact) mass is 439 g/mol. The van der Waals surface area contributed by atoms with Crippen LogP contribution in [0.3, 0.4) is 0 Å². The van der Waals surface area contributed by atoms with Crippen molar-refractivity contribution in [3.8, 4) is 0 Å². The predicted molar refractivity (Wildman–Crippen MR) is 112 cm³/mol. The molecule has 2 aliphatic rings. The van der Waals surface area contributed by atoms with Gasteiger partial charge in [-0.3, -0.25) is 9.59 Å². The van der Waals surface area contributed by atoms with E-state index >= 15 is 0 Å². The number of piperidine rings is 1. The minimum absolute atomic E-state index is 0.0841. The quantitative estimate of drug-likeness (QED) is 0.629. The molecule has 5 nitrogen and oxygen atoms in total. The Morgan fingerprint density at radius 2 is 2.03 bits per heavy atom. The molecule has 2 atom stereocenters. The van der Waals surface area contributed by atoms with Crippen molar-refractivity contribution in [3.63, 3.8) is 0 Å². The Bertz CT molecular complexity index is 769. The average molecular weight is 440 g/mol. The standard InChI is InChI=1S/C23H32F3N3O2/c1-17-6-5-11-28(14-17)10-3-2-9-27-22(31)19-13-21(30)29(16-19)15-18-7-4-8-20(12-18)23(24,25)26/h4,7-8,12,17,19H,2-3,5-6,9-11,13-16H2,1H3,(H,27,31). The Balaban J connectivity index is 1.39. The molecule has 1 aromatic carbocycles. The molecule has 8 heteroatoms. The number of carbonyl (C=O) groups is 2. The molecule has 0 spiro atoms. The number of hydrogen-bond acceptors (Lipinski definition) is 3. The Labute approximate surface area is 182 Å². The predicted octanol–water partition coefficient (Wildman–Crippen LogP) is 3.68. The maximum absolute atomic E-state index is 12.9. The molecule has 0 aromatic heterocycles. The summed E-state index contributed by atoms with van der Waals surface area (Å²) in [6, 6.07) is 4.98. The molecule has 172 valence electrons. The van der Waals surface area contributed by atoms with Gasteiger partial charge in [0.2, 0.25) is 11.8 Å². The first-order chi connectivity index (χ1) is 14.7. The van der Waals surface area contributed by atoms with Gasteiger partial charge in [-0.1, -0.05) is 19.1 Å². The van der Waals surface area contributed by atoms with E-state index in [1.54, 1.807) is 6.07 Å². The number of nitrogens with one attached hydrogen (secondary N) is 1. The largest absolute Gasteiger partial charge is 0.416 e. The molecule has 0 aliphatic carbocycles. The van der Waals surface area contributed by atoms with E-state index in [-0.39, 0.29) is 31.3 Å². The number of alkyl halides is 3. The molecular weight excluding hydrogens is 407 g/mol. The molecule has 2 heterocycles. The third-order valence-electron chi connectivity index (χ3n) is 6.15. The van der Waals surface area contributed by atoms with Gasteiger partial charge in [-0.2, -0.15) is 13.2 Å². The molecule has 0 radical (unpaired) electrons. The van der Waals surface area contributed by atoms with Gasteiger partial charge < -0.3 is 15.1 Å². The van der Waals surface area contributed by atoms with Crippen molar-refractivity contribution in [2.24, 2.45) is 11.8 Å². The lowest BCUT2D eigenvalue weighted by Gasteiger charge is -2.30. The van der Waals surface area contributed by atoms with Gasteiger partial charge in [0.05, 0.1) is 11.5 Å². The first kappa shape index (κ1) is 23.6. The number of nitrogens with zero attached hydrogens (tertiary/aromatic N) is 2. The molecule has 0 saturated carbocycles. The summed E-state index contributed by atoms with van der Waals surface area (Å²) in [6.07, 6.45) is 0.168. The highest BCUT2D eigenvalue weighted by atomic mass is 19.4. The van der Waals surface area contributed by atoms with Crippen molar-refractivity contribution in [3.05, 3.63) is 35.4 Å². The zero-order valence-electron chi connectivity index (χ0n) is 18.1. The second-order valence-electron chi connectivity index (χ2n) is 8.92. The second kappa shape index (κ2) is 10.5. The summed E-state index contributed by atoms with van der Waals surface area (Å²) in [5.74, 6) is -0.0308. The van der Waals surface area contributed by atoms with E-state index in [0.29, 0.717) is 12.1 Å². The number of carbonyl (C=O) groups excluding carboxylic acids is 2. The van der Waals surface area contributed by atoms with Crippen LogP contribution in [0.2, 0.25) is 0 Å². The SMILES string of the molecule is CC1CCCN(CCCCNC(=O)C2CC(=O)N(Cc3cccc(C(F)(F)F)c3)C2)C1. The van der Waals surface area contributed by atoms with E-state index in [1.807, 2.05) is 0 Å². The van der Waals surface area contributed by atoms with Crippen LogP contribution < -0.4 is 5.32 Å². The molecule has 0 bridgehead atoms. The molecule has 31 heavy (non-hydrogen) atoms. The van der Waals surface area contributed by atoms with Gasteiger partial charge >= 0.3 is 6.18 Å². The first-order valence-electron chi connectivity index (χ1n) is 11.2. The lowest BCUT2D eigenvalue weighted by atomic mass is 10.0. The highest BCUT2D eigenvalue weighted by Crippen LogP contribution is 2.30. The first-order valence-corrected chi connectivity index (χ1v) is 11.2. The van der Waals surface area contributed by atoms with Crippen LogP contribution in [-0.2, 0) is 22.3 Å². The van der Waals surface area contributed by atoms with Gasteiger partial charge in [-0.05, 0) is 62.4 Å². The zero-order valence-corrected chi connectivity index (χ0v) is 18.1. The van der Waals surface area contributed by atoms with Crippen molar-refractivity contribution in [2.45, 2.75) is 51.7 Å². The summed E-state index contributed by atoms with van der Waals surface area (Å²) >= 11 is 0. The summed E-state index contributed by atoms with van der Waals surface area (Å²) in [5.41, 5.74) is -0.318. The van der Waals surface area contributed by atoms with E-state index in [4.69, 9.17) is 0 Å². The van der Waals surface area contributed by atoms with Crippen LogP contribution in [0, 0.1) is 11.8 Å². The average Bonchev–Trinajstić information content (AvgIpc) is 3.08. The fraction of sp³-hybridized carbons (Fsp3) is 0.652. The number of amides is 2. The lowest BCUT2D eigenvalue weighted by molar-refractivity contribution is -0.137. The van der Waals surface area contributed by atoms with Crippen LogP contribution in [0.15, 0.2) is 24.3 Å². The van der Waals surface area contributed by atoms with Crippen LogP contribution >= 0.6 is 0 Å². The summed E-state index contributed by atoms with van der Waals surface area (Å²) in [4.78, 5) is 28.7. The Morgan fingerprint density at radius 3 is 2.77 bits per heavy atom. The number of unbranched alkanes of at least 4 members (excludes halogenated alkanes) is 1. The smallest absolute Gasteiger partial charge is 0.356 e. The number of rotatable bonds is 8. The van der Waals surface area contributed by atoms with Gasteiger partial charge in [-0.25, -0.2) is 0 Å². The molecule has 2 amide bonds.